The molecule has 1 rings (SSSR count). The van der Waals surface area contributed by atoms with Gasteiger partial charge in [0.15, 0.2) is 0 Å². The number of nitrogen functional groups attached to an aromatic ring is 1. The number of hydrogen-bond donors (Lipinski definition) is 1. The summed E-state index contributed by atoms with van der Waals surface area (Å²) in [6.45, 7) is 0. The monoisotopic (exact) mass is 243 g/mol. The number of nitrogens with two attached hydrogens (primary N) is 1. The number of esters is 1. The van der Waals surface area contributed by atoms with Gasteiger partial charge in [-0.15, -0.1) is 0 Å². The maximum atomic E-state index is 10.9. The van der Waals surface area contributed by atoms with Crippen molar-refractivity contribution >= 4 is 27.6 Å². The summed E-state index contributed by atoms with van der Waals surface area (Å²) in [6, 6.07) is 5.41. The van der Waals surface area contributed by atoms with Gasteiger partial charge in [-0.25, -0.2) is 0 Å². The Balaban J connectivity index is 2.83. The van der Waals surface area contributed by atoms with Gasteiger partial charge in [0.05, 0.1) is 13.5 Å². The minimum absolute atomic E-state index is 0.218. The van der Waals surface area contributed by atoms with E-state index in [9.17, 15) is 4.79 Å². The van der Waals surface area contributed by atoms with E-state index in [2.05, 4.69) is 20.7 Å². The summed E-state index contributed by atoms with van der Waals surface area (Å²) in [5.74, 6) is -0.283. The SMILES string of the molecule is COC(=O)Cc1ccc(Br)cc1N. The Morgan fingerprint density at radius 2 is 2.31 bits per heavy atom. The number of anilines is 1. The third-order valence-corrected chi connectivity index (χ3v) is 2.16. The van der Waals surface area contributed by atoms with E-state index in [1.165, 1.54) is 7.11 Å². The normalized spacial score (nSPS) is 9.69. The van der Waals surface area contributed by atoms with Crippen molar-refractivity contribution in [1.82, 2.24) is 0 Å². The predicted molar refractivity (Wildman–Crippen MR) is 54.3 cm³/mol. The van der Waals surface area contributed by atoms with Crippen LogP contribution in [0.1, 0.15) is 5.56 Å². The second-order valence-corrected chi connectivity index (χ2v) is 3.51. The fraction of sp³-hybridized carbons (Fsp3) is 0.222. The zero-order chi connectivity index (χ0) is 9.84. The number of halogens is 1. The van der Waals surface area contributed by atoms with Crippen LogP contribution >= 0.6 is 15.9 Å². The molecule has 0 unspecified atom stereocenters. The van der Waals surface area contributed by atoms with Gasteiger partial charge in [0, 0.05) is 10.2 Å². The molecule has 2 N–H and O–H groups in total. The van der Waals surface area contributed by atoms with Crippen LogP contribution in [0.25, 0.3) is 0 Å². The maximum absolute atomic E-state index is 10.9. The number of rotatable bonds is 2. The average molecular weight is 244 g/mol. The van der Waals surface area contributed by atoms with E-state index in [1.54, 1.807) is 12.1 Å². The van der Waals surface area contributed by atoms with Gasteiger partial charge in [-0.3, -0.25) is 4.79 Å². The maximum Gasteiger partial charge on any atom is 0.310 e. The largest absolute Gasteiger partial charge is 0.469 e. The highest BCUT2D eigenvalue weighted by Gasteiger charge is 2.05. The first kappa shape index (κ1) is 10.1. The van der Waals surface area contributed by atoms with Crippen LogP contribution in [0.3, 0.4) is 0 Å². The number of carbonyl (C=O) groups is 1. The minimum atomic E-state index is -0.283. The lowest BCUT2D eigenvalue weighted by Crippen LogP contribution is -2.06. The Labute approximate surface area is 85.0 Å². The molecule has 13 heavy (non-hydrogen) atoms. The van der Waals surface area contributed by atoms with Crippen molar-refractivity contribution in [2.75, 3.05) is 12.8 Å². The number of benzene rings is 1. The highest BCUT2D eigenvalue weighted by Crippen LogP contribution is 2.18. The molecule has 70 valence electrons. The quantitative estimate of drug-likeness (QED) is 0.636. The van der Waals surface area contributed by atoms with Crippen LogP contribution in [-0.4, -0.2) is 13.1 Å². The van der Waals surface area contributed by atoms with Gasteiger partial charge in [0.2, 0.25) is 0 Å². The van der Waals surface area contributed by atoms with Crippen LogP contribution < -0.4 is 5.73 Å². The molecular formula is C9H10BrNO2. The number of carbonyl (C=O) groups excluding carboxylic acids is 1. The highest BCUT2D eigenvalue weighted by molar-refractivity contribution is 9.10. The molecule has 0 fully saturated rings. The molecular weight excluding hydrogens is 234 g/mol. The summed E-state index contributed by atoms with van der Waals surface area (Å²) >= 11 is 3.28. The molecule has 0 heterocycles. The van der Waals surface area contributed by atoms with Crippen LogP contribution in [0.2, 0.25) is 0 Å². The van der Waals surface area contributed by atoms with Crippen molar-refractivity contribution in [2.24, 2.45) is 0 Å². The molecule has 0 aromatic heterocycles. The number of ether oxygens (including phenoxy) is 1. The van der Waals surface area contributed by atoms with Gasteiger partial charge < -0.3 is 10.5 Å². The fourth-order valence-electron chi connectivity index (χ4n) is 0.954. The second kappa shape index (κ2) is 4.28. The molecule has 0 radical (unpaired) electrons. The lowest BCUT2D eigenvalue weighted by Gasteiger charge is -2.04. The van der Waals surface area contributed by atoms with E-state index in [0.717, 1.165) is 10.0 Å². The number of hydrogen-bond acceptors (Lipinski definition) is 3. The first-order valence-electron chi connectivity index (χ1n) is 3.74. The Bertz CT molecular complexity index is 325. The zero-order valence-electron chi connectivity index (χ0n) is 7.21. The Morgan fingerprint density at radius 1 is 1.62 bits per heavy atom. The van der Waals surface area contributed by atoms with Gasteiger partial charge in [0.1, 0.15) is 0 Å². The van der Waals surface area contributed by atoms with Gasteiger partial charge >= 0.3 is 5.97 Å². The summed E-state index contributed by atoms with van der Waals surface area (Å²) in [7, 11) is 1.36. The van der Waals surface area contributed by atoms with E-state index < -0.39 is 0 Å². The van der Waals surface area contributed by atoms with Crippen molar-refractivity contribution < 1.29 is 9.53 Å². The Hall–Kier alpha value is -1.03. The Kier molecular flexibility index (Phi) is 3.31. The molecule has 0 atom stereocenters. The minimum Gasteiger partial charge on any atom is -0.469 e. The van der Waals surface area contributed by atoms with Crippen LogP contribution in [-0.2, 0) is 16.0 Å². The zero-order valence-corrected chi connectivity index (χ0v) is 8.80. The van der Waals surface area contributed by atoms with Gasteiger partial charge in [-0.1, -0.05) is 22.0 Å². The summed E-state index contributed by atoms with van der Waals surface area (Å²) < 4.78 is 5.43. The van der Waals surface area contributed by atoms with Gasteiger partial charge in [-0.05, 0) is 17.7 Å². The van der Waals surface area contributed by atoms with Crippen LogP contribution in [0.15, 0.2) is 22.7 Å². The molecule has 4 heteroatoms. The molecule has 0 bridgehead atoms. The van der Waals surface area contributed by atoms with E-state index in [4.69, 9.17) is 5.73 Å². The molecule has 0 aliphatic carbocycles. The van der Waals surface area contributed by atoms with Crippen LogP contribution in [0, 0.1) is 0 Å². The molecule has 1 aromatic rings. The standard InChI is InChI=1S/C9H10BrNO2/c1-13-9(12)4-6-2-3-7(10)5-8(6)11/h2-3,5H,4,11H2,1H3. The van der Waals surface area contributed by atoms with E-state index in [1.807, 2.05) is 6.07 Å². The van der Waals surface area contributed by atoms with Crippen molar-refractivity contribution in [3.8, 4) is 0 Å². The van der Waals surface area contributed by atoms with Crippen molar-refractivity contribution in [3.63, 3.8) is 0 Å². The van der Waals surface area contributed by atoms with Crippen LogP contribution in [0.5, 0.6) is 0 Å². The van der Waals surface area contributed by atoms with Crippen molar-refractivity contribution in [3.05, 3.63) is 28.2 Å². The van der Waals surface area contributed by atoms with Gasteiger partial charge in [-0.2, -0.15) is 0 Å². The molecule has 0 saturated heterocycles. The Morgan fingerprint density at radius 3 is 2.85 bits per heavy atom. The predicted octanol–water partition coefficient (Wildman–Crippen LogP) is 1.75. The van der Waals surface area contributed by atoms with Gasteiger partial charge in [0.25, 0.3) is 0 Å². The second-order valence-electron chi connectivity index (χ2n) is 2.60. The summed E-state index contributed by atoms with van der Waals surface area (Å²) in [5.41, 5.74) is 7.07. The molecule has 0 aliphatic heterocycles. The molecule has 0 amide bonds. The van der Waals surface area contributed by atoms with E-state index in [-0.39, 0.29) is 12.4 Å². The average Bonchev–Trinajstić information content (AvgIpc) is 2.09. The first-order chi connectivity index (χ1) is 6.13. The highest BCUT2D eigenvalue weighted by atomic mass is 79.9. The third kappa shape index (κ3) is 2.73. The third-order valence-electron chi connectivity index (χ3n) is 1.67. The lowest BCUT2D eigenvalue weighted by atomic mass is 10.1. The first-order valence-corrected chi connectivity index (χ1v) is 4.53. The smallest absolute Gasteiger partial charge is 0.310 e. The van der Waals surface area contributed by atoms with E-state index >= 15 is 0 Å². The number of methoxy groups -OCH3 is 1. The summed E-state index contributed by atoms with van der Waals surface area (Å²) in [6.07, 6.45) is 0.218. The molecule has 0 spiro atoms. The molecule has 0 saturated carbocycles. The summed E-state index contributed by atoms with van der Waals surface area (Å²) in [5, 5.41) is 0. The lowest BCUT2D eigenvalue weighted by molar-refractivity contribution is -0.139. The molecule has 1 aromatic carbocycles. The molecule has 0 aliphatic rings. The topological polar surface area (TPSA) is 52.3 Å². The van der Waals surface area contributed by atoms with Crippen molar-refractivity contribution in [2.45, 2.75) is 6.42 Å². The summed E-state index contributed by atoms with van der Waals surface area (Å²) in [4.78, 5) is 10.9. The van der Waals surface area contributed by atoms with E-state index in [0.29, 0.717) is 5.69 Å². The van der Waals surface area contributed by atoms with Crippen molar-refractivity contribution in [1.29, 1.82) is 0 Å². The van der Waals surface area contributed by atoms with Crippen LogP contribution in [0.4, 0.5) is 5.69 Å². The molecule has 3 nitrogen and oxygen atoms in total. The fourth-order valence-corrected chi connectivity index (χ4v) is 1.33.